The van der Waals surface area contributed by atoms with Crippen LogP contribution in [0.3, 0.4) is 0 Å². The van der Waals surface area contributed by atoms with Gasteiger partial charge in [-0.15, -0.1) is 0 Å². The summed E-state index contributed by atoms with van der Waals surface area (Å²) in [7, 11) is 0. The smallest absolute Gasteiger partial charge is 0.127 e. The second kappa shape index (κ2) is 4.98. The summed E-state index contributed by atoms with van der Waals surface area (Å²) in [5.74, 6) is 5.50. The molecule has 0 unspecified atom stereocenters. The second-order valence-corrected chi connectivity index (χ2v) is 3.18. The summed E-state index contributed by atoms with van der Waals surface area (Å²) >= 11 is 0. The molecule has 1 rings (SSSR count). The largest absolute Gasteiger partial charge is 0.278 e. The van der Waals surface area contributed by atoms with Crippen LogP contribution in [0.1, 0.15) is 32.6 Å². The van der Waals surface area contributed by atoms with Gasteiger partial charge in [0.1, 0.15) is 13.0 Å². The van der Waals surface area contributed by atoms with E-state index in [-0.39, 0.29) is 0 Å². The maximum absolute atomic E-state index is 5.50. The highest BCUT2D eigenvalue weighted by atomic mass is 15.6. The van der Waals surface area contributed by atoms with Gasteiger partial charge in [0.25, 0.3) is 0 Å². The van der Waals surface area contributed by atoms with E-state index in [9.17, 15) is 0 Å². The average Bonchev–Trinajstić information content (AvgIpc) is 2.45. The Labute approximate surface area is 74.0 Å². The van der Waals surface area contributed by atoms with Crippen molar-refractivity contribution in [2.45, 2.75) is 32.6 Å². The molecule has 1 aliphatic heterocycles. The minimum atomic E-state index is 0.742. The summed E-state index contributed by atoms with van der Waals surface area (Å²) in [6, 6.07) is 0. The first-order chi connectivity index (χ1) is 5.83. The summed E-state index contributed by atoms with van der Waals surface area (Å²) in [5, 5.41) is 7.72. The van der Waals surface area contributed by atoms with Crippen molar-refractivity contribution < 1.29 is 0 Å². The molecule has 70 valence electrons. The summed E-state index contributed by atoms with van der Waals surface area (Å²) < 4.78 is 0. The van der Waals surface area contributed by atoms with Gasteiger partial charge < -0.3 is 0 Å². The van der Waals surface area contributed by atoms with Crippen LogP contribution < -0.4 is 5.84 Å². The molecule has 0 saturated carbocycles. The van der Waals surface area contributed by atoms with Crippen molar-refractivity contribution in [3.05, 3.63) is 0 Å². The van der Waals surface area contributed by atoms with Crippen LogP contribution in [-0.4, -0.2) is 29.6 Å². The van der Waals surface area contributed by atoms with E-state index >= 15 is 0 Å². The van der Waals surface area contributed by atoms with Gasteiger partial charge in [0.2, 0.25) is 0 Å². The molecule has 0 aromatic heterocycles. The fourth-order valence-corrected chi connectivity index (χ4v) is 1.25. The monoisotopic (exact) mass is 170 g/mol. The van der Waals surface area contributed by atoms with E-state index in [2.05, 4.69) is 12.0 Å². The van der Waals surface area contributed by atoms with Crippen LogP contribution in [0, 0.1) is 0 Å². The fourth-order valence-electron chi connectivity index (χ4n) is 1.25. The van der Waals surface area contributed by atoms with Gasteiger partial charge in [-0.05, 0) is 6.42 Å². The molecule has 0 atom stereocenters. The number of rotatable bonds is 5. The lowest BCUT2D eigenvalue weighted by atomic mass is 10.2. The van der Waals surface area contributed by atoms with Gasteiger partial charge in [-0.25, -0.2) is 5.84 Å². The van der Waals surface area contributed by atoms with Crippen LogP contribution in [0.2, 0.25) is 0 Å². The van der Waals surface area contributed by atoms with Crippen molar-refractivity contribution >= 4 is 6.34 Å². The summed E-state index contributed by atoms with van der Waals surface area (Å²) in [5.41, 5.74) is 0. The maximum atomic E-state index is 5.50. The molecule has 4 heteroatoms. The second-order valence-electron chi connectivity index (χ2n) is 3.18. The van der Waals surface area contributed by atoms with E-state index in [1.54, 1.807) is 11.3 Å². The van der Waals surface area contributed by atoms with E-state index < -0.39 is 0 Å². The zero-order valence-electron chi connectivity index (χ0n) is 7.74. The molecule has 1 aliphatic rings. The molecule has 0 aromatic rings. The predicted molar refractivity (Wildman–Crippen MR) is 50.2 cm³/mol. The Balaban J connectivity index is 1.98. The number of hydrazine groups is 1. The fraction of sp³-hybridized carbons (Fsp3) is 0.875. The third-order valence-corrected chi connectivity index (χ3v) is 1.96. The van der Waals surface area contributed by atoms with Crippen LogP contribution in [0.25, 0.3) is 0 Å². The number of hydrogen-bond donors (Lipinski definition) is 1. The first kappa shape index (κ1) is 9.32. The Morgan fingerprint density at radius 1 is 1.42 bits per heavy atom. The van der Waals surface area contributed by atoms with Crippen molar-refractivity contribution in [1.29, 1.82) is 0 Å². The molecule has 0 aliphatic carbocycles. The first-order valence-electron chi connectivity index (χ1n) is 4.63. The lowest BCUT2D eigenvalue weighted by molar-refractivity contribution is 0.233. The standard InChI is InChI=1S/C8H18N4/c1-2-3-4-5-6-12-8-11(9)7-10-12/h7H,2-6,8-9H2,1H3. The quantitative estimate of drug-likeness (QED) is 0.493. The third kappa shape index (κ3) is 3.09. The number of nitrogens with two attached hydrogens (primary N) is 1. The topological polar surface area (TPSA) is 44.9 Å². The van der Waals surface area contributed by atoms with Crippen LogP contribution in [-0.2, 0) is 0 Å². The summed E-state index contributed by atoms with van der Waals surface area (Å²) in [6.07, 6.45) is 6.79. The van der Waals surface area contributed by atoms with E-state index in [0.717, 1.165) is 13.2 Å². The molecule has 12 heavy (non-hydrogen) atoms. The number of hydrazone groups is 1. The molecule has 0 amide bonds. The molecule has 2 N–H and O–H groups in total. The lowest BCUT2D eigenvalue weighted by Gasteiger charge is -2.14. The van der Waals surface area contributed by atoms with Crippen molar-refractivity contribution in [1.82, 2.24) is 10.0 Å². The molecule has 4 nitrogen and oxygen atoms in total. The van der Waals surface area contributed by atoms with Crippen LogP contribution in [0.5, 0.6) is 0 Å². The third-order valence-electron chi connectivity index (χ3n) is 1.96. The Hall–Kier alpha value is -0.770. The number of hydrogen-bond acceptors (Lipinski definition) is 4. The van der Waals surface area contributed by atoms with Crippen molar-refractivity contribution in [3.8, 4) is 0 Å². The molecular formula is C8H18N4. The average molecular weight is 170 g/mol. The number of unbranched alkanes of at least 4 members (excludes halogenated alkanes) is 3. The minimum absolute atomic E-state index is 0.742. The molecular weight excluding hydrogens is 152 g/mol. The maximum Gasteiger partial charge on any atom is 0.127 e. The summed E-state index contributed by atoms with van der Waals surface area (Å²) in [6.45, 7) is 3.99. The van der Waals surface area contributed by atoms with Gasteiger partial charge in [0, 0.05) is 6.54 Å². The summed E-state index contributed by atoms with van der Waals surface area (Å²) in [4.78, 5) is 0. The molecule has 0 bridgehead atoms. The van der Waals surface area contributed by atoms with Gasteiger partial charge in [-0.2, -0.15) is 5.10 Å². The van der Waals surface area contributed by atoms with Gasteiger partial charge in [-0.1, -0.05) is 26.2 Å². The Morgan fingerprint density at radius 2 is 2.25 bits per heavy atom. The Morgan fingerprint density at radius 3 is 2.83 bits per heavy atom. The lowest BCUT2D eigenvalue weighted by Crippen LogP contribution is -2.32. The number of nitrogens with zero attached hydrogens (tertiary/aromatic N) is 3. The molecule has 0 saturated heterocycles. The van der Waals surface area contributed by atoms with Crippen molar-refractivity contribution in [2.75, 3.05) is 13.2 Å². The predicted octanol–water partition coefficient (Wildman–Crippen LogP) is 0.959. The van der Waals surface area contributed by atoms with Crippen molar-refractivity contribution in [2.24, 2.45) is 10.9 Å². The van der Waals surface area contributed by atoms with E-state index in [1.165, 1.54) is 25.7 Å². The van der Waals surface area contributed by atoms with Gasteiger partial charge in [0.05, 0.1) is 0 Å². The van der Waals surface area contributed by atoms with E-state index in [1.807, 2.05) is 5.01 Å². The molecule has 1 heterocycles. The zero-order valence-corrected chi connectivity index (χ0v) is 7.74. The Kier molecular flexibility index (Phi) is 3.87. The molecule has 0 fully saturated rings. The van der Waals surface area contributed by atoms with Crippen molar-refractivity contribution in [3.63, 3.8) is 0 Å². The van der Waals surface area contributed by atoms with Crippen LogP contribution in [0.15, 0.2) is 5.10 Å². The highest BCUT2D eigenvalue weighted by Gasteiger charge is 2.08. The van der Waals surface area contributed by atoms with Crippen LogP contribution in [0.4, 0.5) is 0 Å². The zero-order chi connectivity index (χ0) is 8.81. The van der Waals surface area contributed by atoms with Gasteiger partial charge in [-0.3, -0.25) is 10.0 Å². The Bertz CT molecular complexity index is 146. The molecule has 0 aromatic carbocycles. The molecule has 0 spiro atoms. The van der Waals surface area contributed by atoms with Crippen LogP contribution >= 0.6 is 0 Å². The highest BCUT2D eigenvalue weighted by molar-refractivity contribution is 5.54. The normalized spacial score (nSPS) is 16.2. The van der Waals surface area contributed by atoms with Gasteiger partial charge in [0.15, 0.2) is 0 Å². The first-order valence-corrected chi connectivity index (χ1v) is 4.63. The van der Waals surface area contributed by atoms with Gasteiger partial charge >= 0.3 is 0 Å². The van der Waals surface area contributed by atoms with E-state index in [4.69, 9.17) is 5.84 Å². The highest BCUT2D eigenvalue weighted by Crippen LogP contribution is 2.03. The minimum Gasteiger partial charge on any atom is -0.278 e. The SMILES string of the molecule is CCCCCCN1CN(N)C=N1. The van der Waals surface area contributed by atoms with E-state index in [0.29, 0.717) is 0 Å². The molecule has 0 radical (unpaired) electrons.